The molecular formula is C15H19FN4O3S. The molecule has 0 N–H and O–H groups in total. The minimum Gasteiger partial charge on any atom is -0.377 e. The normalized spacial score (nSPS) is 19.0. The van der Waals surface area contributed by atoms with Gasteiger partial charge in [-0.2, -0.15) is 4.31 Å². The van der Waals surface area contributed by atoms with Crippen LogP contribution in [0.1, 0.15) is 18.6 Å². The third-order valence-electron chi connectivity index (χ3n) is 4.09. The van der Waals surface area contributed by atoms with Crippen LogP contribution >= 0.6 is 0 Å². The maximum Gasteiger partial charge on any atom is 0.243 e. The maximum absolute atomic E-state index is 13.4. The molecule has 0 radical (unpaired) electrons. The zero-order chi connectivity index (χ0) is 17.3. The van der Waals surface area contributed by atoms with E-state index in [1.54, 1.807) is 7.11 Å². The first-order valence-electron chi connectivity index (χ1n) is 7.61. The van der Waals surface area contributed by atoms with Gasteiger partial charge in [0.25, 0.3) is 0 Å². The number of nitrogens with zero attached hydrogens (tertiary/aromatic N) is 4. The van der Waals surface area contributed by atoms with E-state index in [4.69, 9.17) is 4.74 Å². The molecule has 0 saturated carbocycles. The van der Waals surface area contributed by atoms with E-state index >= 15 is 0 Å². The summed E-state index contributed by atoms with van der Waals surface area (Å²) in [6.45, 7) is 2.83. The van der Waals surface area contributed by atoms with Crippen LogP contribution in [0.3, 0.4) is 0 Å². The van der Waals surface area contributed by atoms with E-state index in [2.05, 4.69) is 10.2 Å². The lowest BCUT2D eigenvalue weighted by Crippen LogP contribution is -2.40. The lowest BCUT2D eigenvalue weighted by molar-refractivity contribution is 0.173. The maximum atomic E-state index is 13.4. The first-order valence-corrected chi connectivity index (χ1v) is 9.05. The van der Waals surface area contributed by atoms with E-state index in [0.717, 1.165) is 11.9 Å². The van der Waals surface area contributed by atoms with Gasteiger partial charge in [0.05, 0.1) is 4.90 Å². The molecule has 1 aliphatic heterocycles. The van der Waals surface area contributed by atoms with Crippen LogP contribution in [0, 0.1) is 5.82 Å². The zero-order valence-electron chi connectivity index (χ0n) is 13.5. The Kier molecular flexibility index (Phi) is 4.66. The molecule has 0 saturated heterocycles. The molecular weight excluding hydrogens is 335 g/mol. The Morgan fingerprint density at radius 3 is 2.83 bits per heavy atom. The highest BCUT2D eigenvalue weighted by Gasteiger charge is 2.33. The van der Waals surface area contributed by atoms with Gasteiger partial charge in [-0.15, -0.1) is 10.2 Å². The van der Waals surface area contributed by atoms with Gasteiger partial charge in [-0.3, -0.25) is 0 Å². The summed E-state index contributed by atoms with van der Waals surface area (Å²) in [6, 6.07) is 4.77. The summed E-state index contributed by atoms with van der Waals surface area (Å²) in [5, 5.41) is 8.23. The molecule has 0 amide bonds. The van der Waals surface area contributed by atoms with Crippen LogP contribution in [0.5, 0.6) is 0 Å². The molecule has 2 heterocycles. The Bertz CT molecular complexity index is 837. The van der Waals surface area contributed by atoms with Gasteiger partial charge in [0.1, 0.15) is 18.2 Å². The molecule has 0 aliphatic carbocycles. The average molecular weight is 354 g/mol. The summed E-state index contributed by atoms with van der Waals surface area (Å²) >= 11 is 0. The van der Waals surface area contributed by atoms with Crippen molar-refractivity contribution in [3.63, 3.8) is 0 Å². The SMILES string of the molecule is COCc1nnc2n1CCN(S(=O)(=O)c1cccc(F)c1)[C@H](C)C2. The lowest BCUT2D eigenvalue weighted by atomic mass is 10.2. The van der Waals surface area contributed by atoms with Gasteiger partial charge in [-0.1, -0.05) is 6.07 Å². The van der Waals surface area contributed by atoms with Crippen LogP contribution in [0.25, 0.3) is 0 Å². The van der Waals surface area contributed by atoms with Gasteiger partial charge in [0.15, 0.2) is 5.82 Å². The third-order valence-corrected chi connectivity index (χ3v) is 6.10. The smallest absolute Gasteiger partial charge is 0.243 e. The van der Waals surface area contributed by atoms with Gasteiger partial charge >= 0.3 is 0 Å². The van der Waals surface area contributed by atoms with E-state index in [1.807, 2.05) is 11.5 Å². The fraction of sp³-hybridized carbons (Fsp3) is 0.467. The van der Waals surface area contributed by atoms with Crippen molar-refractivity contribution >= 4 is 10.0 Å². The molecule has 0 bridgehead atoms. The molecule has 1 aromatic heterocycles. The quantitative estimate of drug-likeness (QED) is 0.824. The van der Waals surface area contributed by atoms with Gasteiger partial charge < -0.3 is 9.30 Å². The number of hydrogen-bond donors (Lipinski definition) is 0. The van der Waals surface area contributed by atoms with Crippen LogP contribution in [0.15, 0.2) is 29.2 Å². The number of rotatable bonds is 4. The van der Waals surface area contributed by atoms with Crippen molar-refractivity contribution in [2.75, 3.05) is 13.7 Å². The molecule has 0 fully saturated rings. The van der Waals surface area contributed by atoms with E-state index in [9.17, 15) is 12.8 Å². The zero-order valence-corrected chi connectivity index (χ0v) is 14.3. The molecule has 3 rings (SSSR count). The van der Waals surface area contributed by atoms with Gasteiger partial charge in [-0.25, -0.2) is 12.8 Å². The fourth-order valence-electron chi connectivity index (χ4n) is 2.92. The Labute approximate surface area is 140 Å². The molecule has 0 unspecified atom stereocenters. The summed E-state index contributed by atoms with van der Waals surface area (Å²) in [5.74, 6) is 0.828. The molecule has 0 spiro atoms. The van der Waals surface area contributed by atoms with E-state index in [-0.39, 0.29) is 17.5 Å². The number of sulfonamides is 1. The van der Waals surface area contributed by atoms with E-state index < -0.39 is 15.8 Å². The van der Waals surface area contributed by atoms with Crippen LogP contribution < -0.4 is 0 Å². The first-order chi connectivity index (χ1) is 11.4. The Morgan fingerprint density at radius 1 is 1.33 bits per heavy atom. The summed E-state index contributed by atoms with van der Waals surface area (Å²) in [7, 11) is -2.21. The number of fused-ring (bicyclic) bond motifs is 1. The van der Waals surface area contributed by atoms with Crippen LogP contribution in [0.2, 0.25) is 0 Å². The molecule has 7 nitrogen and oxygen atoms in total. The molecule has 1 aromatic carbocycles. The second-order valence-corrected chi connectivity index (χ2v) is 7.63. The van der Waals surface area contributed by atoms with Crippen molar-refractivity contribution < 1.29 is 17.5 Å². The second-order valence-electron chi connectivity index (χ2n) is 5.74. The van der Waals surface area contributed by atoms with Crippen molar-refractivity contribution in [2.45, 2.75) is 37.4 Å². The Morgan fingerprint density at radius 2 is 2.12 bits per heavy atom. The Hall–Kier alpha value is -1.84. The summed E-state index contributed by atoms with van der Waals surface area (Å²) in [5.41, 5.74) is 0. The first kappa shape index (κ1) is 17.0. The van der Waals surface area contributed by atoms with Crippen LogP contribution in [-0.2, 0) is 34.3 Å². The highest BCUT2D eigenvalue weighted by Crippen LogP contribution is 2.23. The number of halogens is 1. The minimum absolute atomic E-state index is 0.0378. The van der Waals surface area contributed by atoms with Crippen LogP contribution in [-0.4, -0.2) is 47.2 Å². The highest BCUT2D eigenvalue weighted by atomic mass is 32.2. The lowest BCUT2D eigenvalue weighted by Gasteiger charge is -2.25. The predicted octanol–water partition coefficient (Wildman–Crippen LogP) is 1.20. The number of hydrogen-bond acceptors (Lipinski definition) is 5. The fourth-order valence-corrected chi connectivity index (χ4v) is 4.58. The molecule has 1 aliphatic rings. The van der Waals surface area contributed by atoms with E-state index in [1.165, 1.54) is 22.5 Å². The van der Waals surface area contributed by atoms with Crippen LogP contribution in [0.4, 0.5) is 4.39 Å². The standard InChI is InChI=1S/C15H19FN4O3S/c1-11-8-14-17-18-15(10-23-2)19(14)6-7-20(11)24(21,22)13-5-3-4-12(16)9-13/h3-5,9,11H,6-8,10H2,1-2H3/t11-/m1/s1. The number of ether oxygens (including phenoxy) is 1. The topological polar surface area (TPSA) is 77.3 Å². The van der Waals surface area contributed by atoms with Crippen molar-refractivity contribution in [3.05, 3.63) is 41.7 Å². The van der Waals surface area contributed by atoms with Crippen molar-refractivity contribution in [2.24, 2.45) is 0 Å². The van der Waals surface area contributed by atoms with Gasteiger partial charge in [0.2, 0.25) is 10.0 Å². The summed E-state index contributed by atoms with van der Waals surface area (Å²) in [6.07, 6.45) is 0.436. The van der Waals surface area contributed by atoms with E-state index in [0.29, 0.717) is 25.4 Å². The van der Waals surface area contributed by atoms with Crippen molar-refractivity contribution in [1.82, 2.24) is 19.1 Å². The van der Waals surface area contributed by atoms with Gasteiger partial charge in [0, 0.05) is 32.7 Å². The summed E-state index contributed by atoms with van der Waals surface area (Å²) in [4.78, 5) is -0.0378. The van der Waals surface area contributed by atoms with Gasteiger partial charge in [-0.05, 0) is 25.1 Å². The molecule has 1 atom stereocenters. The highest BCUT2D eigenvalue weighted by molar-refractivity contribution is 7.89. The monoisotopic (exact) mass is 354 g/mol. The second kappa shape index (κ2) is 6.58. The largest absolute Gasteiger partial charge is 0.377 e. The van der Waals surface area contributed by atoms with Crippen molar-refractivity contribution in [3.8, 4) is 0 Å². The predicted molar refractivity (Wildman–Crippen MR) is 84.2 cm³/mol. The Balaban J connectivity index is 1.91. The molecule has 24 heavy (non-hydrogen) atoms. The number of benzene rings is 1. The number of methoxy groups -OCH3 is 1. The molecule has 9 heteroatoms. The van der Waals surface area contributed by atoms with Crippen molar-refractivity contribution in [1.29, 1.82) is 0 Å². The average Bonchev–Trinajstić information content (AvgIpc) is 2.81. The molecule has 2 aromatic rings. The molecule has 130 valence electrons. The number of aromatic nitrogens is 3. The third kappa shape index (κ3) is 3.06. The minimum atomic E-state index is -3.78. The summed E-state index contributed by atoms with van der Waals surface area (Å²) < 4.78 is 47.6.